The summed E-state index contributed by atoms with van der Waals surface area (Å²) in [5, 5.41) is 17.6. The van der Waals surface area contributed by atoms with Gasteiger partial charge < -0.3 is 15.7 Å². The van der Waals surface area contributed by atoms with Crippen molar-refractivity contribution in [3.05, 3.63) is 17.7 Å². The van der Waals surface area contributed by atoms with E-state index < -0.39 is 11.4 Å². The lowest BCUT2D eigenvalue weighted by Gasteiger charge is -2.58. The molecule has 0 radical (unpaired) electrons. The Kier molecular flexibility index (Phi) is 6.60. The fourth-order valence-corrected chi connectivity index (χ4v) is 8.08. The van der Waals surface area contributed by atoms with Crippen LogP contribution < -0.4 is 10.6 Å². The third-order valence-corrected chi connectivity index (χ3v) is 9.73. The number of nitrogens with zero attached hydrogens (tertiary/aromatic N) is 1. The van der Waals surface area contributed by atoms with Crippen LogP contribution >= 0.6 is 11.8 Å². The Bertz CT molecular complexity index is 885. The van der Waals surface area contributed by atoms with Gasteiger partial charge in [0.05, 0.1) is 11.0 Å². The number of hydrogen-bond acceptors (Lipinski definition) is 5. The van der Waals surface area contributed by atoms with Gasteiger partial charge in [-0.05, 0) is 87.0 Å². The van der Waals surface area contributed by atoms with E-state index in [1.165, 1.54) is 19.3 Å². The molecule has 0 aliphatic heterocycles. The number of nitrogens with one attached hydrogen (secondary N) is 2. The maximum absolute atomic E-state index is 13.1. The molecule has 1 aromatic heterocycles. The van der Waals surface area contributed by atoms with Gasteiger partial charge in [0.25, 0.3) is 5.91 Å². The average molecular weight is 472 g/mol. The van der Waals surface area contributed by atoms with Crippen LogP contribution in [0, 0.1) is 23.2 Å². The molecule has 180 valence electrons. The number of carboxylic acids is 1. The lowest BCUT2D eigenvalue weighted by atomic mass is 9.48. The molecule has 6 rings (SSSR count). The first-order valence-corrected chi connectivity index (χ1v) is 13.9. The van der Waals surface area contributed by atoms with Crippen LogP contribution in [0.5, 0.6) is 0 Å². The molecule has 1 amide bonds. The van der Waals surface area contributed by atoms with Crippen LogP contribution in [0.4, 0.5) is 5.82 Å². The summed E-state index contributed by atoms with van der Waals surface area (Å²) in [6.07, 6.45) is 11.5. The molecule has 3 N–H and O–H groups in total. The predicted molar refractivity (Wildman–Crippen MR) is 131 cm³/mol. The third kappa shape index (κ3) is 4.62. The SMILES string of the molecule is CCCSc1nc(NC2C3CC4C[C@@H]2C[C@@](C(=O)O)(C4)C3)ccc1C(=O)NC1CCCCC1. The normalized spacial score (nSPS) is 33.1. The zero-order chi connectivity index (χ0) is 23.0. The third-order valence-electron chi connectivity index (χ3n) is 8.53. The molecule has 3 unspecified atom stereocenters. The first kappa shape index (κ1) is 23.0. The largest absolute Gasteiger partial charge is 0.481 e. The number of carboxylic acid groups (broad SMARTS) is 1. The van der Waals surface area contributed by atoms with E-state index >= 15 is 0 Å². The van der Waals surface area contributed by atoms with Gasteiger partial charge in [0.15, 0.2) is 0 Å². The van der Waals surface area contributed by atoms with Crippen molar-refractivity contribution < 1.29 is 14.7 Å². The highest BCUT2D eigenvalue weighted by Crippen LogP contribution is 2.60. The average Bonchev–Trinajstić information content (AvgIpc) is 2.80. The molecule has 5 atom stereocenters. The number of rotatable bonds is 8. The van der Waals surface area contributed by atoms with Crippen molar-refractivity contribution in [1.29, 1.82) is 0 Å². The Morgan fingerprint density at radius 2 is 1.85 bits per heavy atom. The number of anilines is 1. The fraction of sp³-hybridized carbons (Fsp3) is 0.731. The molecule has 4 bridgehead atoms. The Labute approximate surface area is 201 Å². The summed E-state index contributed by atoms with van der Waals surface area (Å²) < 4.78 is 0. The minimum atomic E-state index is -0.593. The van der Waals surface area contributed by atoms with E-state index in [0.717, 1.165) is 68.0 Å². The number of aliphatic carboxylic acids is 1. The summed E-state index contributed by atoms with van der Waals surface area (Å²) >= 11 is 1.66. The van der Waals surface area contributed by atoms with Crippen molar-refractivity contribution in [2.75, 3.05) is 11.1 Å². The van der Waals surface area contributed by atoms with E-state index in [1.54, 1.807) is 11.8 Å². The van der Waals surface area contributed by atoms with Crippen molar-refractivity contribution >= 4 is 29.5 Å². The van der Waals surface area contributed by atoms with Crippen LogP contribution in [0.3, 0.4) is 0 Å². The predicted octanol–water partition coefficient (Wildman–Crippen LogP) is 5.34. The summed E-state index contributed by atoms with van der Waals surface area (Å²) in [7, 11) is 0. The van der Waals surface area contributed by atoms with E-state index in [9.17, 15) is 14.7 Å². The molecular weight excluding hydrogens is 434 g/mol. The number of carbonyl (C=O) groups is 2. The monoisotopic (exact) mass is 471 g/mol. The number of carbonyl (C=O) groups excluding carboxylic acids is 1. The van der Waals surface area contributed by atoms with E-state index in [1.807, 2.05) is 12.1 Å². The number of pyridine rings is 1. The fourth-order valence-electron chi connectivity index (χ4n) is 7.21. The quantitative estimate of drug-likeness (QED) is 0.444. The van der Waals surface area contributed by atoms with Crippen molar-refractivity contribution in [1.82, 2.24) is 10.3 Å². The van der Waals surface area contributed by atoms with E-state index in [0.29, 0.717) is 23.3 Å². The molecule has 6 nitrogen and oxygen atoms in total. The number of thioether (sulfide) groups is 1. The Morgan fingerprint density at radius 1 is 1.12 bits per heavy atom. The second-order valence-corrected chi connectivity index (χ2v) is 12.0. The lowest BCUT2D eigenvalue weighted by molar-refractivity contribution is -0.165. The van der Waals surface area contributed by atoms with Gasteiger partial charge in [0.2, 0.25) is 0 Å². The van der Waals surface area contributed by atoms with Gasteiger partial charge >= 0.3 is 5.97 Å². The number of amides is 1. The summed E-state index contributed by atoms with van der Waals surface area (Å²) in [6, 6.07) is 4.44. The molecule has 0 spiro atoms. The second-order valence-electron chi connectivity index (χ2n) is 10.9. The van der Waals surface area contributed by atoms with Crippen LogP contribution in [-0.2, 0) is 4.79 Å². The second kappa shape index (κ2) is 9.47. The van der Waals surface area contributed by atoms with Gasteiger partial charge in [-0.3, -0.25) is 9.59 Å². The van der Waals surface area contributed by atoms with Gasteiger partial charge in [-0.1, -0.05) is 26.2 Å². The van der Waals surface area contributed by atoms with E-state index in [2.05, 4.69) is 17.6 Å². The molecule has 5 aliphatic rings. The molecule has 1 heterocycles. The molecule has 0 saturated heterocycles. The molecule has 5 fully saturated rings. The highest BCUT2D eigenvalue weighted by Gasteiger charge is 2.58. The summed E-state index contributed by atoms with van der Waals surface area (Å²) in [6.45, 7) is 2.14. The maximum Gasteiger partial charge on any atom is 0.309 e. The van der Waals surface area contributed by atoms with Gasteiger partial charge in [-0.15, -0.1) is 11.8 Å². The topological polar surface area (TPSA) is 91.3 Å². The highest BCUT2D eigenvalue weighted by molar-refractivity contribution is 7.99. The zero-order valence-electron chi connectivity index (χ0n) is 19.6. The standard InChI is InChI=1S/C26H37N3O3S/c1-2-10-33-24-20(23(30)27-19-6-4-3-5-7-19)8-9-21(29-24)28-22-17-11-16-12-18(22)15-26(13-16,14-17)25(31)32/h8-9,16-19,22H,2-7,10-15H2,1H3,(H,27,30)(H,28,29)(H,31,32)/t16?,17-,18?,22?,26+/m1/s1. The van der Waals surface area contributed by atoms with Crippen molar-refractivity contribution in [2.24, 2.45) is 23.2 Å². The number of hydrogen-bond donors (Lipinski definition) is 3. The minimum absolute atomic E-state index is 0.00224. The highest BCUT2D eigenvalue weighted by atomic mass is 32.2. The Hall–Kier alpha value is -1.76. The van der Waals surface area contributed by atoms with E-state index in [-0.39, 0.29) is 18.0 Å². The lowest BCUT2D eigenvalue weighted by Crippen LogP contribution is -2.58. The molecule has 1 aromatic rings. The summed E-state index contributed by atoms with van der Waals surface area (Å²) in [5.74, 6) is 2.52. The molecule has 5 saturated carbocycles. The Morgan fingerprint density at radius 3 is 2.52 bits per heavy atom. The first-order chi connectivity index (χ1) is 16.0. The van der Waals surface area contributed by atoms with Gasteiger partial charge in [-0.25, -0.2) is 4.98 Å². The van der Waals surface area contributed by atoms with Crippen LogP contribution in [-0.4, -0.2) is 39.8 Å². The van der Waals surface area contributed by atoms with Gasteiger partial charge in [0, 0.05) is 12.1 Å². The number of aromatic nitrogens is 1. The van der Waals surface area contributed by atoms with Crippen LogP contribution in [0.25, 0.3) is 0 Å². The zero-order valence-corrected chi connectivity index (χ0v) is 20.5. The van der Waals surface area contributed by atoms with Crippen molar-refractivity contribution in [2.45, 2.75) is 94.7 Å². The Balaban J connectivity index is 1.32. The molecule has 5 aliphatic carbocycles. The van der Waals surface area contributed by atoms with Gasteiger partial charge in [0.1, 0.15) is 10.8 Å². The molecular formula is C26H37N3O3S. The van der Waals surface area contributed by atoms with Gasteiger partial charge in [-0.2, -0.15) is 0 Å². The van der Waals surface area contributed by atoms with E-state index in [4.69, 9.17) is 4.98 Å². The molecule has 33 heavy (non-hydrogen) atoms. The van der Waals surface area contributed by atoms with Crippen molar-refractivity contribution in [3.63, 3.8) is 0 Å². The molecule has 0 aromatic carbocycles. The summed E-state index contributed by atoms with van der Waals surface area (Å²) in [5.41, 5.74) is 0.185. The molecule has 7 heteroatoms. The first-order valence-electron chi connectivity index (χ1n) is 12.9. The van der Waals surface area contributed by atoms with Crippen LogP contribution in [0.1, 0.15) is 87.9 Å². The van der Waals surface area contributed by atoms with Crippen LogP contribution in [0.15, 0.2) is 17.2 Å². The minimum Gasteiger partial charge on any atom is -0.481 e. The van der Waals surface area contributed by atoms with Crippen LogP contribution in [0.2, 0.25) is 0 Å². The summed E-state index contributed by atoms with van der Waals surface area (Å²) in [4.78, 5) is 30.0. The smallest absolute Gasteiger partial charge is 0.309 e. The maximum atomic E-state index is 13.1. The van der Waals surface area contributed by atoms with Crippen molar-refractivity contribution in [3.8, 4) is 0 Å².